The predicted molar refractivity (Wildman–Crippen MR) is 52.6 cm³/mol. The summed E-state index contributed by atoms with van der Waals surface area (Å²) in [5, 5.41) is 0. The Bertz CT molecular complexity index is 324. The molecule has 0 fully saturated rings. The smallest absolute Gasteiger partial charge is 0.217 e. The van der Waals surface area contributed by atoms with Crippen LogP contribution in [0, 0.1) is 0 Å². The summed E-state index contributed by atoms with van der Waals surface area (Å²) in [7, 11) is 0. The maximum absolute atomic E-state index is 10.6. The molecule has 0 bridgehead atoms. The minimum absolute atomic E-state index is 0.0501. The van der Waals surface area contributed by atoms with Crippen LogP contribution in [0.4, 0.5) is 0 Å². The van der Waals surface area contributed by atoms with E-state index >= 15 is 0 Å². The highest BCUT2D eigenvalue weighted by atomic mass is 16.5. The molecule has 0 aliphatic rings. The van der Waals surface area contributed by atoms with Crippen molar-refractivity contribution in [3.8, 4) is 5.88 Å². The largest absolute Gasteiger partial charge is 0.475 e. The fourth-order valence-electron chi connectivity index (χ4n) is 1.01. The first-order chi connectivity index (χ1) is 6.65. The van der Waals surface area contributed by atoms with Crippen LogP contribution in [0.15, 0.2) is 6.07 Å². The Morgan fingerprint density at radius 1 is 1.50 bits per heavy atom. The molecule has 1 heterocycles. The van der Waals surface area contributed by atoms with Crippen molar-refractivity contribution in [2.45, 2.75) is 33.3 Å². The maximum Gasteiger partial charge on any atom is 0.217 e. The molecule has 4 nitrogen and oxygen atoms in total. The number of hydrogen-bond donors (Lipinski definition) is 0. The first-order valence-electron chi connectivity index (χ1n) is 4.65. The molecule has 0 aromatic carbocycles. The molecule has 0 spiro atoms. The monoisotopic (exact) mass is 194 g/mol. The van der Waals surface area contributed by atoms with E-state index in [9.17, 15) is 4.79 Å². The van der Waals surface area contributed by atoms with Gasteiger partial charge in [0.05, 0.1) is 6.10 Å². The van der Waals surface area contributed by atoms with Crippen molar-refractivity contribution in [1.82, 2.24) is 9.97 Å². The van der Waals surface area contributed by atoms with Crippen molar-refractivity contribution in [3.63, 3.8) is 0 Å². The summed E-state index contributed by atoms with van der Waals surface area (Å²) >= 11 is 0. The lowest BCUT2D eigenvalue weighted by molar-refractivity contribution is 0.111. The van der Waals surface area contributed by atoms with Crippen LogP contribution >= 0.6 is 0 Å². The molecule has 0 aliphatic carbocycles. The van der Waals surface area contributed by atoms with Gasteiger partial charge in [0, 0.05) is 12.5 Å². The van der Waals surface area contributed by atoms with E-state index < -0.39 is 0 Å². The third-order valence-corrected chi connectivity index (χ3v) is 1.56. The van der Waals surface area contributed by atoms with Gasteiger partial charge in [0.15, 0.2) is 6.29 Å². The van der Waals surface area contributed by atoms with E-state index in [1.54, 1.807) is 6.07 Å². The number of hydrogen-bond acceptors (Lipinski definition) is 4. The average Bonchev–Trinajstić information content (AvgIpc) is 2.16. The zero-order valence-electron chi connectivity index (χ0n) is 8.65. The first kappa shape index (κ1) is 10.6. The number of carbonyl (C=O) groups is 1. The van der Waals surface area contributed by atoms with Crippen molar-refractivity contribution in [1.29, 1.82) is 0 Å². The Balaban J connectivity index is 2.98. The van der Waals surface area contributed by atoms with E-state index in [1.165, 1.54) is 0 Å². The second-order valence-electron chi connectivity index (χ2n) is 3.19. The Labute approximate surface area is 83.3 Å². The number of aldehydes is 1. The van der Waals surface area contributed by atoms with Gasteiger partial charge in [-0.05, 0) is 13.8 Å². The second-order valence-corrected chi connectivity index (χ2v) is 3.19. The van der Waals surface area contributed by atoms with Gasteiger partial charge < -0.3 is 4.74 Å². The maximum atomic E-state index is 10.6. The van der Waals surface area contributed by atoms with E-state index in [4.69, 9.17) is 4.74 Å². The molecule has 1 rings (SSSR count). The highest BCUT2D eigenvalue weighted by Gasteiger charge is 2.04. The summed E-state index contributed by atoms with van der Waals surface area (Å²) < 4.78 is 5.39. The van der Waals surface area contributed by atoms with E-state index in [-0.39, 0.29) is 6.10 Å². The van der Waals surface area contributed by atoms with Gasteiger partial charge in [0.25, 0.3) is 0 Å². The molecule has 14 heavy (non-hydrogen) atoms. The van der Waals surface area contributed by atoms with E-state index in [0.717, 1.165) is 0 Å². The molecule has 1 aromatic heterocycles. The molecule has 0 saturated heterocycles. The molecule has 0 amide bonds. The minimum Gasteiger partial charge on any atom is -0.475 e. The Hall–Kier alpha value is -1.45. The number of carbonyl (C=O) groups excluding carboxylic acids is 1. The number of aryl methyl sites for hydroxylation is 1. The van der Waals surface area contributed by atoms with Gasteiger partial charge in [-0.1, -0.05) is 6.92 Å². The molecular formula is C10H14N2O2. The molecule has 0 aliphatic heterocycles. The summed E-state index contributed by atoms with van der Waals surface area (Å²) in [5.41, 5.74) is 0.368. The average molecular weight is 194 g/mol. The lowest BCUT2D eigenvalue weighted by Gasteiger charge is -2.09. The summed E-state index contributed by atoms with van der Waals surface area (Å²) in [6.07, 6.45) is 1.44. The van der Waals surface area contributed by atoms with Gasteiger partial charge in [-0.15, -0.1) is 0 Å². The van der Waals surface area contributed by atoms with Crippen LogP contribution in [0.5, 0.6) is 5.88 Å². The summed E-state index contributed by atoms with van der Waals surface area (Å²) in [6.45, 7) is 5.76. The normalized spacial score (nSPS) is 10.3. The quantitative estimate of drug-likeness (QED) is 0.684. The summed E-state index contributed by atoms with van der Waals surface area (Å²) in [4.78, 5) is 18.7. The fraction of sp³-hybridized carbons (Fsp3) is 0.500. The van der Waals surface area contributed by atoms with E-state index in [0.29, 0.717) is 30.1 Å². The summed E-state index contributed by atoms with van der Waals surface area (Å²) in [6, 6.07) is 1.55. The van der Waals surface area contributed by atoms with Crippen LogP contribution in [0.3, 0.4) is 0 Å². The molecule has 0 atom stereocenters. The topological polar surface area (TPSA) is 52.1 Å². The Morgan fingerprint density at radius 2 is 2.21 bits per heavy atom. The van der Waals surface area contributed by atoms with Gasteiger partial charge in [-0.2, -0.15) is 4.98 Å². The first-order valence-corrected chi connectivity index (χ1v) is 4.65. The Morgan fingerprint density at radius 3 is 2.71 bits per heavy atom. The number of rotatable bonds is 4. The predicted octanol–water partition coefficient (Wildman–Crippen LogP) is 1.64. The van der Waals surface area contributed by atoms with Gasteiger partial charge in [-0.25, -0.2) is 4.98 Å². The SMILES string of the molecule is CCc1nc(C=O)cc(OC(C)C)n1. The van der Waals surface area contributed by atoms with Crippen LogP contribution in [-0.2, 0) is 6.42 Å². The van der Waals surface area contributed by atoms with Gasteiger partial charge in [0.1, 0.15) is 11.5 Å². The van der Waals surface area contributed by atoms with Crippen LogP contribution in [-0.4, -0.2) is 22.4 Å². The lowest BCUT2D eigenvalue weighted by atomic mass is 10.3. The zero-order chi connectivity index (χ0) is 10.6. The minimum atomic E-state index is 0.0501. The van der Waals surface area contributed by atoms with Crippen LogP contribution in [0.25, 0.3) is 0 Å². The van der Waals surface area contributed by atoms with Gasteiger partial charge in [-0.3, -0.25) is 4.79 Å². The molecule has 0 N–H and O–H groups in total. The van der Waals surface area contributed by atoms with Crippen LogP contribution in [0.2, 0.25) is 0 Å². The second kappa shape index (κ2) is 4.69. The third-order valence-electron chi connectivity index (χ3n) is 1.56. The van der Waals surface area contributed by atoms with Crippen molar-refractivity contribution < 1.29 is 9.53 Å². The molecule has 0 radical (unpaired) electrons. The molecule has 0 unspecified atom stereocenters. The number of ether oxygens (including phenoxy) is 1. The number of aromatic nitrogens is 2. The highest BCUT2D eigenvalue weighted by Crippen LogP contribution is 2.10. The lowest BCUT2D eigenvalue weighted by Crippen LogP contribution is -2.09. The standard InChI is InChI=1S/C10H14N2O2/c1-4-9-11-8(6-13)5-10(12-9)14-7(2)3/h5-7H,4H2,1-3H3. The fourth-order valence-corrected chi connectivity index (χ4v) is 1.01. The zero-order valence-corrected chi connectivity index (χ0v) is 8.65. The van der Waals surface area contributed by atoms with E-state index in [1.807, 2.05) is 20.8 Å². The van der Waals surface area contributed by atoms with Gasteiger partial charge >= 0.3 is 0 Å². The molecular weight excluding hydrogens is 180 g/mol. The van der Waals surface area contributed by atoms with E-state index in [2.05, 4.69) is 9.97 Å². The molecule has 0 saturated carbocycles. The van der Waals surface area contributed by atoms with Crippen molar-refractivity contribution >= 4 is 6.29 Å². The Kier molecular flexibility index (Phi) is 3.56. The molecule has 4 heteroatoms. The van der Waals surface area contributed by atoms with Gasteiger partial charge in [0.2, 0.25) is 5.88 Å². The van der Waals surface area contributed by atoms with Crippen LogP contribution in [0.1, 0.15) is 37.1 Å². The molecule has 76 valence electrons. The summed E-state index contributed by atoms with van der Waals surface area (Å²) in [5.74, 6) is 1.10. The highest BCUT2D eigenvalue weighted by molar-refractivity contribution is 5.72. The molecule has 1 aromatic rings. The number of nitrogens with zero attached hydrogens (tertiary/aromatic N) is 2. The third kappa shape index (κ3) is 2.80. The van der Waals surface area contributed by atoms with Crippen molar-refractivity contribution in [2.75, 3.05) is 0 Å². The van der Waals surface area contributed by atoms with Crippen LogP contribution < -0.4 is 4.74 Å². The van der Waals surface area contributed by atoms with Crippen molar-refractivity contribution in [3.05, 3.63) is 17.6 Å². The van der Waals surface area contributed by atoms with Crippen molar-refractivity contribution in [2.24, 2.45) is 0 Å².